The number of carbonyl (C=O) groups is 2. The quantitative estimate of drug-likeness (QED) is 0.610. The largest absolute Gasteiger partial charge is 0.481 e. The number of hydrogen-bond donors (Lipinski definition) is 1. The van der Waals surface area contributed by atoms with Crippen LogP contribution < -0.4 is 0 Å². The first-order chi connectivity index (χ1) is 8.17. The molecule has 0 heterocycles. The van der Waals surface area contributed by atoms with Crippen molar-refractivity contribution in [2.45, 2.75) is 20.3 Å². The van der Waals surface area contributed by atoms with Crippen molar-refractivity contribution in [1.82, 2.24) is 0 Å². The van der Waals surface area contributed by atoms with Crippen LogP contribution in [-0.2, 0) is 14.3 Å². The van der Waals surface area contributed by atoms with Gasteiger partial charge in [0.15, 0.2) is 6.61 Å². The second-order valence-corrected chi connectivity index (χ2v) is 4.67. The van der Waals surface area contributed by atoms with Crippen LogP contribution in [0.3, 0.4) is 0 Å². The first kappa shape index (κ1) is 14.5. The molecular formula is C11H13F3O4. The summed E-state index contributed by atoms with van der Waals surface area (Å²) in [6.07, 6.45) is -2.04. The summed E-state index contributed by atoms with van der Waals surface area (Å²) in [5, 5.41) is 8.82. The van der Waals surface area contributed by atoms with Gasteiger partial charge in [-0.15, -0.1) is 0 Å². The lowest BCUT2D eigenvalue weighted by atomic mass is 10.1. The third kappa shape index (κ3) is 3.02. The van der Waals surface area contributed by atoms with Gasteiger partial charge in [-0.2, -0.15) is 4.39 Å². The molecule has 1 aliphatic rings. The molecule has 0 saturated heterocycles. The van der Waals surface area contributed by atoms with Gasteiger partial charge >= 0.3 is 11.9 Å². The third-order valence-electron chi connectivity index (χ3n) is 3.04. The molecule has 0 aromatic carbocycles. The van der Waals surface area contributed by atoms with E-state index < -0.39 is 48.0 Å². The highest BCUT2D eigenvalue weighted by Gasteiger charge is 2.61. The number of allylic oxidation sites excluding steroid dienone is 1. The molecule has 0 aliphatic heterocycles. The summed E-state index contributed by atoms with van der Waals surface area (Å²) in [6.45, 7) is 2.05. The van der Waals surface area contributed by atoms with Crippen LogP contribution >= 0.6 is 0 Å². The molecule has 1 N–H and O–H groups in total. The Morgan fingerprint density at radius 1 is 1.44 bits per heavy atom. The Kier molecular flexibility index (Phi) is 4.03. The van der Waals surface area contributed by atoms with Gasteiger partial charge in [-0.3, -0.25) is 4.79 Å². The molecule has 1 saturated carbocycles. The fraction of sp³-hybridized carbons (Fsp3) is 0.636. The smallest absolute Gasteiger partial charge is 0.367 e. The van der Waals surface area contributed by atoms with Crippen LogP contribution in [0.25, 0.3) is 0 Å². The SMILES string of the molecule is CC1(C)C(/C=C(\F)C(=O)OCC(F)F)C1C(=O)O. The Morgan fingerprint density at radius 2 is 2.00 bits per heavy atom. The summed E-state index contributed by atoms with van der Waals surface area (Å²) in [4.78, 5) is 21.7. The average Bonchev–Trinajstić information content (AvgIpc) is 2.76. The fourth-order valence-corrected chi connectivity index (χ4v) is 1.89. The fourth-order valence-electron chi connectivity index (χ4n) is 1.89. The van der Waals surface area contributed by atoms with Crippen LogP contribution in [0, 0.1) is 17.3 Å². The van der Waals surface area contributed by atoms with Crippen molar-refractivity contribution >= 4 is 11.9 Å². The van der Waals surface area contributed by atoms with Crippen LogP contribution in [0.5, 0.6) is 0 Å². The standard InChI is InChI=1S/C11H13F3O4/c1-11(2)5(8(11)9(15)16)3-6(12)10(17)18-4-7(13)14/h3,5,7-8H,4H2,1-2H3,(H,15,16)/b6-3-. The number of carboxylic acid groups (broad SMARTS) is 1. The minimum atomic E-state index is -2.87. The molecule has 7 heteroatoms. The van der Waals surface area contributed by atoms with E-state index in [0.717, 1.165) is 6.08 Å². The number of carboxylic acids is 1. The minimum Gasteiger partial charge on any atom is -0.481 e. The molecule has 0 spiro atoms. The van der Waals surface area contributed by atoms with Gasteiger partial charge in [0.2, 0.25) is 5.83 Å². The van der Waals surface area contributed by atoms with Crippen molar-refractivity contribution in [3.63, 3.8) is 0 Å². The van der Waals surface area contributed by atoms with Gasteiger partial charge < -0.3 is 9.84 Å². The van der Waals surface area contributed by atoms with E-state index in [1.54, 1.807) is 13.8 Å². The number of aliphatic carboxylic acids is 1. The van der Waals surface area contributed by atoms with Crippen molar-refractivity contribution in [3.8, 4) is 0 Å². The Balaban J connectivity index is 2.62. The molecule has 0 aromatic rings. The number of halogens is 3. The summed E-state index contributed by atoms with van der Waals surface area (Å²) in [7, 11) is 0. The Morgan fingerprint density at radius 3 is 2.39 bits per heavy atom. The molecule has 18 heavy (non-hydrogen) atoms. The lowest BCUT2D eigenvalue weighted by Crippen LogP contribution is -2.12. The van der Waals surface area contributed by atoms with Crippen LogP contribution in [0.2, 0.25) is 0 Å². The number of rotatable bonds is 5. The molecule has 0 radical (unpaired) electrons. The maximum absolute atomic E-state index is 13.3. The second kappa shape index (κ2) is 4.99. The van der Waals surface area contributed by atoms with Crippen LogP contribution in [-0.4, -0.2) is 30.1 Å². The summed E-state index contributed by atoms with van der Waals surface area (Å²) in [5.74, 6) is -5.35. The summed E-state index contributed by atoms with van der Waals surface area (Å²) in [5.41, 5.74) is -0.661. The predicted molar refractivity (Wildman–Crippen MR) is 54.6 cm³/mol. The van der Waals surface area contributed by atoms with E-state index >= 15 is 0 Å². The Bertz CT molecular complexity index is 390. The highest BCUT2D eigenvalue weighted by Crippen LogP contribution is 2.59. The minimum absolute atomic E-state index is 0.644. The lowest BCUT2D eigenvalue weighted by molar-refractivity contribution is -0.145. The molecule has 2 unspecified atom stereocenters. The van der Waals surface area contributed by atoms with Gasteiger partial charge in [0, 0.05) is 0 Å². The zero-order valence-electron chi connectivity index (χ0n) is 9.82. The third-order valence-corrected chi connectivity index (χ3v) is 3.04. The lowest BCUT2D eigenvalue weighted by Gasteiger charge is -2.02. The topological polar surface area (TPSA) is 63.6 Å². The number of esters is 1. The first-order valence-corrected chi connectivity index (χ1v) is 5.23. The van der Waals surface area contributed by atoms with E-state index in [2.05, 4.69) is 4.74 Å². The number of alkyl halides is 2. The van der Waals surface area contributed by atoms with Crippen molar-refractivity contribution < 1.29 is 32.6 Å². The van der Waals surface area contributed by atoms with E-state index in [1.165, 1.54) is 0 Å². The second-order valence-electron chi connectivity index (χ2n) is 4.67. The van der Waals surface area contributed by atoms with Crippen molar-refractivity contribution in [2.24, 2.45) is 17.3 Å². The molecule has 0 bridgehead atoms. The maximum atomic E-state index is 13.3. The normalized spacial score (nSPS) is 26.0. The molecule has 0 aromatic heterocycles. The summed E-state index contributed by atoms with van der Waals surface area (Å²) < 4.78 is 40.7. The zero-order chi connectivity index (χ0) is 14.1. The molecule has 1 aliphatic carbocycles. The molecule has 102 valence electrons. The molecule has 4 nitrogen and oxygen atoms in total. The highest BCUT2D eigenvalue weighted by molar-refractivity contribution is 5.86. The van der Waals surface area contributed by atoms with Crippen molar-refractivity contribution in [2.75, 3.05) is 6.61 Å². The van der Waals surface area contributed by atoms with Gasteiger partial charge in [-0.25, -0.2) is 13.6 Å². The monoisotopic (exact) mass is 266 g/mol. The predicted octanol–water partition coefficient (Wildman–Crippen LogP) is 2.00. The van der Waals surface area contributed by atoms with Crippen LogP contribution in [0.15, 0.2) is 11.9 Å². The van der Waals surface area contributed by atoms with E-state index in [1.807, 2.05) is 0 Å². The summed E-state index contributed by atoms with van der Waals surface area (Å²) in [6, 6.07) is 0. The average molecular weight is 266 g/mol. The van der Waals surface area contributed by atoms with Gasteiger partial charge in [0.05, 0.1) is 5.92 Å². The number of carbonyl (C=O) groups excluding carboxylic acids is 1. The molecule has 2 atom stereocenters. The zero-order valence-corrected chi connectivity index (χ0v) is 9.82. The van der Waals surface area contributed by atoms with E-state index in [9.17, 15) is 22.8 Å². The van der Waals surface area contributed by atoms with Crippen molar-refractivity contribution in [3.05, 3.63) is 11.9 Å². The Hall–Kier alpha value is -1.53. The van der Waals surface area contributed by atoms with Crippen LogP contribution in [0.4, 0.5) is 13.2 Å². The molecular weight excluding hydrogens is 253 g/mol. The highest BCUT2D eigenvalue weighted by atomic mass is 19.3. The van der Waals surface area contributed by atoms with E-state index in [0.29, 0.717) is 0 Å². The Labute approximate surface area is 101 Å². The van der Waals surface area contributed by atoms with E-state index in [4.69, 9.17) is 5.11 Å². The number of hydrogen-bond acceptors (Lipinski definition) is 3. The number of ether oxygens (including phenoxy) is 1. The summed E-state index contributed by atoms with van der Waals surface area (Å²) >= 11 is 0. The van der Waals surface area contributed by atoms with Crippen LogP contribution in [0.1, 0.15) is 13.8 Å². The maximum Gasteiger partial charge on any atom is 0.367 e. The van der Waals surface area contributed by atoms with Gasteiger partial charge in [0.25, 0.3) is 6.43 Å². The molecule has 1 rings (SSSR count). The first-order valence-electron chi connectivity index (χ1n) is 5.23. The molecule has 0 amide bonds. The van der Waals surface area contributed by atoms with Gasteiger partial charge in [-0.05, 0) is 17.4 Å². The van der Waals surface area contributed by atoms with Gasteiger partial charge in [-0.1, -0.05) is 13.8 Å². The van der Waals surface area contributed by atoms with Gasteiger partial charge in [0.1, 0.15) is 0 Å². The molecule has 1 fully saturated rings. The van der Waals surface area contributed by atoms with Crippen molar-refractivity contribution in [1.29, 1.82) is 0 Å². The van der Waals surface area contributed by atoms with E-state index in [-0.39, 0.29) is 0 Å².